The van der Waals surface area contributed by atoms with E-state index in [9.17, 15) is 0 Å². The summed E-state index contributed by atoms with van der Waals surface area (Å²) in [6, 6.07) is 7.34. The van der Waals surface area contributed by atoms with Gasteiger partial charge in [0.25, 0.3) is 0 Å². The highest BCUT2D eigenvalue weighted by atomic mass is 35.5. The third-order valence-corrected chi connectivity index (χ3v) is 2.39. The molecule has 1 aromatic carbocycles. The van der Waals surface area contributed by atoms with Crippen molar-refractivity contribution in [2.24, 2.45) is 0 Å². The lowest BCUT2D eigenvalue weighted by atomic mass is 10.3. The molecule has 90 valence electrons. The summed E-state index contributed by atoms with van der Waals surface area (Å²) in [4.78, 5) is 4.11. The number of benzene rings is 1. The Hall–Kier alpha value is -1.59. The Morgan fingerprint density at radius 2 is 2.06 bits per heavy atom. The van der Waals surface area contributed by atoms with Crippen LogP contribution in [0.1, 0.15) is 11.7 Å². The van der Waals surface area contributed by atoms with E-state index in [1.165, 1.54) is 0 Å². The molecule has 0 fully saturated rings. The van der Waals surface area contributed by atoms with E-state index in [1.54, 1.807) is 12.1 Å². The first-order chi connectivity index (χ1) is 8.28. The minimum atomic E-state index is 0.0174. The van der Waals surface area contributed by atoms with E-state index in [2.05, 4.69) is 15.5 Å². The topological polar surface area (TPSA) is 71.2 Å². The number of rotatable bonds is 5. The maximum Gasteiger partial charge on any atom is 0.245 e. The van der Waals surface area contributed by atoms with Crippen LogP contribution in [0.25, 0.3) is 0 Å². The van der Waals surface area contributed by atoms with Gasteiger partial charge in [0, 0.05) is 17.1 Å². The third-order valence-electron chi connectivity index (χ3n) is 2.13. The molecule has 1 aromatic heterocycles. The maximum atomic E-state index is 8.71. The average Bonchev–Trinajstić information content (AvgIpc) is 2.77. The minimum absolute atomic E-state index is 0.0174. The van der Waals surface area contributed by atoms with E-state index >= 15 is 0 Å². The van der Waals surface area contributed by atoms with Crippen LogP contribution in [-0.4, -0.2) is 21.9 Å². The Labute approximate surface area is 103 Å². The Kier molecular flexibility index (Phi) is 3.95. The number of aliphatic hydroxyl groups excluding tert-OH is 1. The monoisotopic (exact) mass is 253 g/mol. The first-order valence-electron chi connectivity index (χ1n) is 5.19. The zero-order valence-corrected chi connectivity index (χ0v) is 9.81. The minimum Gasteiger partial charge on any atom is -0.396 e. The molecule has 2 N–H and O–H groups in total. The van der Waals surface area contributed by atoms with Gasteiger partial charge in [-0.05, 0) is 24.3 Å². The van der Waals surface area contributed by atoms with E-state index in [4.69, 9.17) is 21.2 Å². The van der Waals surface area contributed by atoms with Crippen molar-refractivity contribution in [3.8, 4) is 0 Å². The van der Waals surface area contributed by atoms with Crippen molar-refractivity contribution in [1.82, 2.24) is 10.1 Å². The summed E-state index contributed by atoms with van der Waals surface area (Å²) in [6.45, 7) is 0.462. The van der Waals surface area contributed by atoms with Gasteiger partial charge in [-0.3, -0.25) is 0 Å². The number of hydrogen-bond donors (Lipinski definition) is 2. The zero-order valence-electron chi connectivity index (χ0n) is 9.06. The molecule has 1 heterocycles. The van der Waals surface area contributed by atoms with E-state index < -0.39 is 0 Å². The van der Waals surface area contributed by atoms with Crippen LogP contribution in [0.5, 0.6) is 0 Å². The lowest BCUT2D eigenvalue weighted by molar-refractivity contribution is 0.293. The largest absolute Gasteiger partial charge is 0.396 e. The lowest BCUT2D eigenvalue weighted by Crippen LogP contribution is -2.00. The molecule has 0 spiro atoms. The van der Waals surface area contributed by atoms with Gasteiger partial charge in [-0.2, -0.15) is 4.98 Å². The van der Waals surface area contributed by atoms with Gasteiger partial charge in [0.15, 0.2) is 5.82 Å². The number of aromatic nitrogens is 2. The summed E-state index contributed by atoms with van der Waals surface area (Å²) in [5.41, 5.74) is 0.927. The van der Waals surface area contributed by atoms with Crippen LogP contribution in [0.4, 0.5) is 5.69 Å². The van der Waals surface area contributed by atoms with Crippen LogP contribution in [0.2, 0.25) is 5.02 Å². The zero-order chi connectivity index (χ0) is 12.1. The molecule has 0 bridgehead atoms. The first-order valence-corrected chi connectivity index (χ1v) is 5.57. The molecule has 0 radical (unpaired) electrons. The molecule has 6 heteroatoms. The van der Waals surface area contributed by atoms with Crippen LogP contribution < -0.4 is 5.32 Å². The highest BCUT2D eigenvalue weighted by molar-refractivity contribution is 6.30. The number of halogens is 1. The predicted octanol–water partition coefficient (Wildman–Crippen LogP) is 1.87. The van der Waals surface area contributed by atoms with Crippen molar-refractivity contribution in [2.45, 2.75) is 13.0 Å². The number of nitrogens with one attached hydrogen (secondary N) is 1. The molecule has 0 amide bonds. The summed E-state index contributed by atoms with van der Waals surface area (Å²) in [5.74, 6) is 1.00. The second-order valence-corrected chi connectivity index (χ2v) is 3.87. The molecule has 0 saturated carbocycles. The molecule has 2 rings (SSSR count). The standard InChI is InChI=1S/C11H12ClN3O2/c12-8-1-3-9(4-2-8)13-7-11-14-10(5-6-16)15-17-11/h1-4,13,16H,5-7H2. The molecule has 0 unspecified atom stereocenters. The SMILES string of the molecule is OCCc1noc(CNc2ccc(Cl)cc2)n1. The van der Waals surface area contributed by atoms with E-state index in [0.29, 0.717) is 29.7 Å². The number of hydrogen-bond acceptors (Lipinski definition) is 5. The van der Waals surface area contributed by atoms with Crippen molar-refractivity contribution in [3.63, 3.8) is 0 Å². The summed E-state index contributed by atoms with van der Waals surface area (Å²) in [7, 11) is 0. The molecule has 2 aromatic rings. The Balaban J connectivity index is 1.90. The first kappa shape index (κ1) is 11.9. The third kappa shape index (κ3) is 3.44. The van der Waals surface area contributed by atoms with Gasteiger partial charge in [0.1, 0.15) is 0 Å². The fourth-order valence-electron chi connectivity index (χ4n) is 1.31. The highest BCUT2D eigenvalue weighted by Crippen LogP contribution is 2.14. The summed E-state index contributed by atoms with van der Waals surface area (Å²) >= 11 is 5.77. The second-order valence-electron chi connectivity index (χ2n) is 3.44. The van der Waals surface area contributed by atoms with Crippen LogP contribution in [0.3, 0.4) is 0 Å². The molecule has 0 aliphatic heterocycles. The molecule has 5 nitrogen and oxygen atoms in total. The quantitative estimate of drug-likeness (QED) is 0.851. The van der Waals surface area contributed by atoms with Gasteiger partial charge in [0.2, 0.25) is 5.89 Å². The van der Waals surface area contributed by atoms with Gasteiger partial charge in [0.05, 0.1) is 13.2 Å². The molecular weight excluding hydrogens is 242 g/mol. The predicted molar refractivity (Wildman–Crippen MR) is 63.9 cm³/mol. The Morgan fingerprint density at radius 3 is 2.76 bits per heavy atom. The van der Waals surface area contributed by atoms with E-state index in [0.717, 1.165) is 5.69 Å². The fraction of sp³-hybridized carbons (Fsp3) is 0.273. The fourth-order valence-corrected chi connectivity index (χ4v) is 1.43. The highest BCUT2D eigenvalue weighted by Gasteiger charge is 2.05. The number of nitrogens with zero attached hydrogens (tertiary/aromatic N) is 2. The van der Waals surface area contributed by atoms with Crippen LogP contribution in [-0.2, 0) is 13.0 Å². The summed E-state index contributed by atoms with van der Waals surface area (Å²) in [6.07, 6.45) is 0.407. The summed E-state index contributed by atoms with van der Waals surface area (Å²) in [5, 5.41) is 16.3. The van der Waals surface area contributed by atoms with Crippen LogP contribution in [0.15, 0.2) is 28.8 Å². The van der Waals surface area contributed by atoms with Gasteiger partial charge in [-0.1, -0.05) is 16.8 Å². The Bertz CT molecular complexity index is 470. The van der Waals surface area contributed by atoms with Crippen LogP contribution >= 0.6 is 11.6 Å². The second kappa shape index (κ2) is 5.65. The van der Waals surface area contributed by atoms with E-state index in [1.807, 2.05) is 12.1 Å². The number of anilines is 1. The Morgan fingerprint density at radius 1 is 1.29 bits per heavy atom. The molecule has 0 aliphatic rings. The van der Waals surface area contributed by atoms with Crippen LogP contribution in [0, 0.1) is 0 Å². The molecule has 0 aliphatic carbocycles. The molecule has 17 heavy (non-hydrogen) atoms. The van der Waals surface area contributed by atoms with Gasteiger partial charge in [-0.15, -0.1) is 0 Å². The smallest absolute Gasteiger partial charge is 0.245 e. The molecule has 0 saturated heterocycles. The van der Waals surface area contributed by atoms with Crippen molar-refractivity contribution in [3.05, 3.63) is 41.0 Å². The molecular formula is C11H12ClN3O2. The van der Waals surface area contributed by atoms with Gasteiger partial charge in [-0.25, -0.2) is 0 Å². The average molecular weight is 254 g/mol. The van der Waals surface area contributed by atoms with Gasteiger partial charge < -0.3 is 14.9 Å². The maximum absolute atomic E-state index is 8.71. The summed E-state index contributed by atoms with van der Waals surface area (Å²) < 4.78 is 5.00. The van der Waals surface area contributed by atoms with Gasteiger partial charge >= 0.3 is 0 Å². The van der Waals surface area contributed by atoms with Crippen molar-refractivity contribution < 1.29 is 9.63 Å². The van der Waals surface area contributed by atoms with E-state index in [-0.39, 0.29) is 6.61 Å². The van der Waals surface area contributed by atoms with Crippen molar-refractivity contribution >= 4 is 17.3 Å². The molecule has 0 atom stereocenters. The normalized spacial score (nSPS) is 10.5. The van der Waals surface area contributed by atoms with Crippen molar-refractivity contribution in [2.75, 3.05) is 11.9 Å². The van der Waals surface area contributed by atoms with Crippen molar-refractivity contribution in [1.29, 1.82) is 0 Å². The lowest BCUT2D eigenvalue weighted by Gasteiger charge is -2.02. The number of aliphatic hydroxyl groups is 1.